The van der Waals surface area contributed by atoms with Gasteiger partial charge in [0.1, 0.15) is 5.75 Å². The number of methoxy groups -OCH3 is 1. The number of hydrogen-bond donors (Lipinski definition) is 2. The summed E-state index contributed by atoms with van der Waals surface area (Å²) in [5.41, 5.74) is 7.98. The lowest BCUT2D eigenvalue weighted by Crippen LogP contribution is -2.25. The number of rotatable bonds is 5. The van der Waals surface area contributed by atoms with Gasteiger partial charge < -0.3 is 15.8 Å². The van der Waals surface area contributed by atoms with Gasteiger partial charge in [0.15, 0.2) is 0 Å². The van der Waals surface area contributed by atoms with Crippen LogP contribution in [0.4, 0.5) is 5.69 Å². The molecule has 20 heavy (non-hydrogen) atoms. The number of nitrogen functional groups attached to an aromatic ring is 1. The van der Waals surface area contributed by atoms with Crippen LogP contribution >= 0.6 is 0 Å². The van der Waals surface area contributed by atoms with E-state index in [1.165, 1.54) is 0 Å². The average molecular weight is 270 g/mol. The van der Waals surface area contributed by atoms with Gasteiger partial charge in [-0.15, -0.1) is 0 Å². The first-order valence-electron chi connectivity index (χ1n) is 6.46. The molecule has 0 aliphatic carbocycles. The summed E-state index contributed by atoms with van der Waals surface area (Å²) in [6.07, 6.45) is 0.776. The van der Waals surface area contributed by atoms with Crippen molar-refractivity contribution >= 4 is 11.6 Å². The second-order valence-corrected chi connectivity index (χ2v) is 4.48. The third-order valence-corrected chi connectivity index (χ3v) is 3.01. The normalized spacial score (nSPS) is 10.1. The molecule has 4 nitrogen and oxygen atoms in total. The maximum Gasteiger partial charge on any atom is 0.251 e. The molecule has 4 heteroatoms. The van der Waals surface area contributed by atoms with Crippen LogP contribution in [0.25, 0.3) is 0 Å². The van der Waals surface area contributed by atoms with Crippen molar-refractivity contribution in [1.29, 1.82) is 0 Å². The van der Waals surface area contributed by atoms with Crippen LogP contribution in [0, 0.1) is 0 Å². The fourth-order valence-electron chi connectivity index (χ4n) is 1.89. The minimum atomic E-state index is -0.106. The van der Waals surface area contributed by atoms with E-state index in [2.05, 4.69) is 5.32 Å². The highest BCUT2D eigenvalue weighted by Crippen LogP contribution is 2.11. The van der Waals surface area contributed by atoms with Crippen molar-refractivity contribution in [3.8, 4) is 5.75 Å². The van der Waals surface area contributed by atoms with Crippen LogP contribution in [0.2, 0.25) is 0 Å². The van der Waals surface area contributed by atoms with E-state index in [1.54, 1.807) is 31.4 Å². The fourth-order valence-corrected chi connectivity index (χ4v) is 1.89. The minimum Gasteiger partial charge on any atom is -0.497 e. The number of ether oxygens (including phenoxy) is 1. The number of benzene rings is 2. The molecular formula is C16H18N2O2. The number of amides is 1. The zero-order valence-corrected chi connectivity index (χ0v) is 11.4. The first-order chi connectivity index (χ1) is 9.69. The Balaban J connectivity index is 1.84. The van der Waals surface area contributed by atoms with E-state index in [-0.39, 0.29) is 5.91 Å². The molecule has 3 N–H and O–H groups in total. The van der Waals surface area contributed by atoms with Crippen molar-refractivity contribution < 1.29 is 9.53 Å². The lowest BCUT2D eigenvalue weighted by Gasteiger charge is -2.06. The molecule has 2 aromatic rings. The van der Waals surface area contributed by atoms with Gasteiger partial charge in [0.2, 0.25) is 0 Å². The van der Waals surface area contributed by atoms with Crippen molar-refractivity contribution in [2.24, 2.45) is 0 Å². The first-order valence-corrected chi connectivity index (χ1v) is 6.46. The predicted octanol–water partition coefficient (Wildman–Crippen LogP) is 2.25. The summed E-state index contributed by atoms with van der Waals surface area (Å²) >= 11 is 0. The van der Waals surface area contributed by atoms with Crippen LogP contribution in [-0.2, 0) is 6.42 Å². The summed E-state index contributed by atoms with van der Waals surface area (Å²) in [6.45, 7) is 0.583. The molecule has 0 saturated heterocycles. The Kier molecular flexibility index (Phi) is 4.60. The number of anilines is 1. The van der Waals surface area contributed by atoms with E-state index in [1.807, 2.05) is 24.3 Å². The largest absolute Gasteiger partial charge is 0.497 e. The molecule has 2 rings (SSSR count). The van der Waals surface area contributed by atoms with E-state index in [4.69, 9.17) is 10.5 Å². The molecule has 2 aromatic carbocycles. The Hall–Kier alpha value is -2.49. The van der Waals surface area contributed by atoms with Gasteiger partial charge in [-0.1, -0.05) is 18.2 Å². The third kappa shape index (κ3) is 3.75. The summed E-state index contributed by atoms with van der Waals surface area (Å²) < 4.78 is 5.10. The van der Waals surface area contributed by atoms with E-state index < -0.39 is 0 Å². The van der Waals surface area contributed by atoms with Crippen molar-refractivity contribution in [1.82, 2.24) is 5.32 Å². The SMILES string of the molecule is COc1ccc(CCNC(=O)c2cccc(N)c2)cc1. The molecule has 0 radical (unpaired) electrons. The van der Waals surface area contributed by atoms with Crippen molar-refractivity contribution in [2.45, 2.75) is 6.42 Å². The summed E-state index contributed by atoms with van der Waals surface area (Å²) in [5, 5.41) is 2.88. The Labute approximate surface area is 118 Å². The van der Waals surface area contributed by atoms with Crippen LogP contribution in [-0.4, -0.2) is 19.6 Å². The van der Waals surface area contributed by atoms with Gasteiger partial charge in [-0.3, -0.25) is 4.79 Å². The van der Waals surface area contributed by atoms with Crippen LogP contribution in [0.1, 0.15) is 15.9 Å². The highest BCUT2D eigenvalue weighted by Gasteiger charge is 2.04. The molecule has 104 valence electrons. The van der Waals surface area contributed by atoms with Gasteiger partial charge in [-0.2, -0.15) is 0 Å². The first kappa shape index (κ1) is 13.9. The smallest absolute Gasteiger partial charge is 0.251 e. The highest BCUT2D eigenvalue weighted by molar-refractivity contribution is 5.94. The predicted molar refractivity (Wildman–Crippen MR) is 79.9 cm³/mol. The lowest BCUT2D eigenvalue weighted by atomic mass is 10.1. The van der Waals surface area contributed by atoms with Gasteiger partial charge in [0, 0.05) is 17.8 Å². The molecular weight excluding hydrogens is 252 g/mol. The number of carbonyl (C=O) groups excluding carboxylic acids is 1. The second kappa shape index (κ2) is 6.61. The summed E-state index contributed by atoms with van der Waals surface area (Å²) in [7, 11) is 1.64. The Bertz CT molecular complexity index is 579. The molecule has 1 amide bonds. The van der Waals surface area contributed by atoms with Crippen LogP contribution in [0.5, 0.6) is 5.75 Å². The van der Waals surface area contributed by atoms with Gasteiger partial charge in [0.25, 0.3) is 5.91 Å². The standard InChI is InChI=1S/C16H18N2O2/c1-20-15-7-5-12(6-8-15)9-10-18-16(19)13-3-2-4-14(17)11-13/h2-8,11H,9-10,17H2,1H3,(H,18,19). The highest BCUT2D eigenvalue weighted by atomic mass is 16.5. The Morgan fingerprint density at radius 1 is 1.20 bits per heavy atom. The molecule has 0 aliphatic rings. The van der Waals surface area contributed by atoms with E-state index in [0.717, 1.165) is 17.7 Å². The van der Waals surface area contributed by atoms with Gasteiger partial charge >= 0.3 is 0 Å². The van der Waals surface area contributed by atoms with Crippen molar-refractivity contribution in [3.63, 3.8) is 0 Å². The number of hydrogen-bond acceptors (Lipinski definition) is 3. The molecule has 0 spiro atoms. The Morgan fingerprint density at radius 3 is 2.60 bits per heavy atom. The fraction of sp³-hybridized carbons (Fsp3) is 0.188. The van der Waals surface area contributed by atoms with Crippen LogP contribution in [0.3, 0.4) is 0 Å². The Morgan fingerprint density at radius 2 is 1.95 bits per heavy atom. The number of nitrogens with one attached hydrogen (secondary N) is 1. The number of carbonyl (C=O) groups is 1. The minimum absolute atomic E-state index is 0.106. The molecule has 0 bridgehead atoms. The molecule has 0 fully saturated rings. The van der Waals surface area contributed by atoms with E-state index >= 15 is 0 Å². The summed E-state index contributed by atoms with van der Waals surface area (Å²) in [4.78, 5) is 11.9. The second-order valence-electron chi connectivity index (χ2n) is 4.48. The molecule has 0 aliphatic heterocycles. The lowest BCUT2D eigenvalue weighted by molar-refractivity contribution is 0.0954. The monoisotopic (exact) mass is 270 g/mol. The molecule has 0 unspecified atom stereocenters. The molecule has 0 atom stereocenters. The van der Waals surface area contributed by atoms with Gasteiger partial charge in [-0.25, -0.2) is 0 Å². The molecule has 0 saturated carbocycles. The summed E-state index contributed by atoms with van der Waals surface area (Å²) in [5.74, 6) is 0.725. The van der Waals surface area contributed by atoms with E-state index in [0.29, 0.717) is 17.8 Å². The maximum absolute atomic E-state index is 11.9. The average Bonchev–Trinajstić information content (AvgIpc) is 2.48. The maximum atomic E-state index is 11.9. The summed E-state index contributed by atoms with van der Waals surface area (Å²) in [6, 6.07) is 14.8. The molecule has 0 heterocycles. The molecule has 0 aromatic heterocycles. The zero-order chi connectivity index (χ0) is 14.4. The third-order valence-electron chi connectivity index (χ3n) is 3.01. The van der Waals surface area contributed by atoms with Crippen molar-refractivity contribution in [3.05, 3.63) is 59.7 Å². The van der Waals surface area contributed by atoms with Gasteiger partial charge in [-0.05, 0) is 42.3 Å². The van der Waals surface area contributed by atoms with E-state index in [9.17, 15) is 4.79 Å². The topological polar surface area (TPSA) is 64.3 Å². The van der Waals surface area contributed by atoms with Gasteiger partial charge in [0.05, 0.1) is 7.11 Å². The van der Waals surface area contributed by atoms with Crippen LogP contribution < -0.4 is 15.8 Å². The quantitative estimate of drug-likeness (QED) is 0.819. The van der Waals surface area contributed by atoms with Crippen molar-refractivity contribution in [2.75, 3.05) is 19.4 Å². The zero-order valence-electron chi connectivity index (χ0n) is 11.4. The van der Waals surface area contributed by atoms with Crippen LogP contribution in [0.15, 0.2) is 48.5 Å². The number of nitrogens with two attached hydrogens (primary N) is 1.